The van der Waals surface area contributed by atoms with E-state index in [1.165, 1.54) is 0 Å². The first-order valence-corrected chi connectivity index (χ1v) is 5.83. The van der Waals surface area contributed by atoms with Crippen LogP contribution in [-0.2, 0) is 0 Å². The van der Waals surface area contributed by atoms with Crippen molar-refractivity contribution in [1.29, 1.82) is 5.26 Å². The standard InChI is InChI=1S/C13H16N4O/c1-10-13(11(9-14)16(2)7-8-18)17-6-4-3-5-12(17)15-10/h3-6,11,18H,7-8H2,1-2H3. The summed E-state index contributed by atoms with van der Waals surface area (Å²) in [7, 11) is 1.83. The summed E-state index contributed by atoms with van der Waals surface area (Å²) in [5.74, 6) is 0. The summed E-state index contributed by atoms with van der Waals surface area (Å²) < 4.78 is 1.93. The summed E-state index contributed by atoms with van der Waals surface area (Å²) in [5, 5.41) is 18.4. The summed E-state index contributed by atoms with van der Waals surface area (Å²) in [5.41, 5.74) is 2.55. The lowest BCUT2D eigenvalue weighted by Crippen LogP contribution is -2.27. The Kier molecular flexibility index (Phi) is 3.60. The van der Waals surface area contributed by atoms with Crippen molar-refractivity contribution in [2.24, 2.45) is 0 Å². The van der Waals surface area contributed by atoms with Gasteiger partial charge in [-0.25, -0.2) is 4.98 Å². The first kappa shape index (κ1) is 12.6. The van der Waals surface area contributed by atoms with Crippen LogP contribution in [0.1, 0.15) is 17.4 Å². The Morgan fingerprint density at radius 2 is 2.33 bits per heavy atom. The number of aryl methyl sites for hydroxylation is 1. The maximum absolute atomic E-state index is 9.36. The monoisotopic (exact) mass is 244 g/mol. The highest BCUT2D eigenvalue weighted by atomic mass is 16.3. The average molecular weight is 244 g/mol. The molecule has 5 heteroatoms. The summed E-state index contributed by atoms with van der Waals surface area (Å²) in [6, 6.07) is 7.62. The zero-order valence-electron chi connectivity index (χ0n) is 10.5. The Hall–Kier alpha value is -1.90. The molecule has 1 atom stereocenters. The van der Waals surface area contributed by atoms with Gasteiger partial charge >= 0.3 is 0 Å². The Labute approximate surface area is 106 Å². The van der Waals surface area contributed by atoms with E-state index in [0.717, 1.165) is 17.0 Å². The van der Waals surface area contributed by atoms with Crippen LogP contribution < -0.4 is 0 Å². The molecule has 2 aromatic rings. The van der Waals surface area contributed by atoms with Crippen molar-refractivity contribution < 1.29 is 5.11 Å². The molecule has 0 spiro atoms. The predicted octanol–water partition coefficient (Wildman–Crippen LogP) is 1.13. The molecule has 1 N–H and O–H groups in total. The highest BCUT2D eigenvalue weighted by Crippen LogP contribution is 2.23. The lowest BCUT2D eigenvalue weighted by Gasteiger charge is -2.21. The van der Waals surface area contributed by atoms with E-state index in [1.807, 2.05) is 47.7 Å². The van der Waals surface area contributed by atoms with Crippen LogP contribution in [0.4, 0.5) is 0 Å². The molecule has 0 aliphatic heterocycles. The normalized spacial score (nSPS) is 12.8. The molecule has 0 aliphatic carbocycles. The molecule has 0 radical (unpaired) electrons. The number of aromatic nitrogens is 2. The van der Waals surface area contributed by atoms with E-state index >= 15 is 0 Å². The Morgan fingerprint density at radius 1 is 1.56 bits per heavy atom. The van der Waals surface area contributed by atoms with Crippen molar-refractivity contribution in [3.8, 4) is 6.07 Å². The predicted molar refractivity (Wildman–Crippen MR) is 68.0 cm³/mol. The number of rotatable bonds is 4. The van der Waals surface area contributed by atoms with Gasteiger partial charge in [-0.3, -0.25) is 4.90 Å². The fourth-order valence-electron chi connectivity index (χ4n) is 2.12. The topological polar surface area (TPSA) is 64.6 Å². The quantitative estimate of drug-likeness (QED) is 0.875. The van der Waals surface area contributed by atoms with Gasteiger partial charge in [0, 0.05) is 12.7 Å². The van der Waals surface area contributed by atoms with Gasteiger partial charge in [0.25, 0.3) is 0 Å². The maximum atomic E-state index is 9.36. The minimum atomic E-state index is -0.408. The smallest absolute Gasteiger partial charge is 0.141 e. The second-order valence-corrected chi connectivity index (χ2v) is 4.25. The van der Waals surface area contributed by atoms with Crippen LogP contribution in [-0.4, -0.2) is 39.6 Å². The minimum absolute atomic E-state index is 0.0322. The van der Waals surface area contributed by atoms with E-state index in [1.54, 1.807) is 0 Å². The van der Waals surface area contributed by atoms with Crippen molar-refractivity contribution in [3.05, 3.63) is 35.8 Å². The maximum Gasteiger partial charge on any atom is 0.141 e. The molecule has 0 amide bonds. The third kappa shape index (κ3) is 2.08. The second-order valence-electron chi connectivity index (χ2n) is 4.25. The molecule has 0 aromatic carbocycles. The summed E-state index contributed by atoms with van der Waals surface area (Å²) in [6.07, 6.45) is 1.90. The van der Waals surface area contributed by atoms with Crippen molar-refractivity contribution in [2.45, 2.75) is 13.0 Å². The zero-order valence-corrected chi connectivity index (χ0v) is 10.5. The van der Waals surface area contributed by atoms with E-state index in [-0.39, 0.29) is 6.61 Å². The molecule has 0 saturated carbocycles. The molecule has 0 fully saturated rings. The SMILES string of the molecule is Cc1nc2ccccn2c1C(C#N)N(C)CCO. The Balaban J connectivity index is 2.51. The van der Waals surface area contributed by atoms with Gasteiger partial charge in [0.15, 0.2) is 0 Å². The van der Waals surface area contributed by atoms with E-state index in [4.69, 9.17) is 5.11 Å². The molecule has 94 valence electrons. The van der Waals surface area contributed by atoms with Gasteiger partial charge in [-0.05, 0) is 26.1 Å². The first-order chi connectivity index (χ1) is 8.69. The van der Waals surface area contributed by atoms with Crippen molar-refractivity contribution >= 4 is 5.65 Å². The van der Waals surface area contributed by atoms with Crippen LogP contribution >= 0.6 is 0 Å². The first-order valence-electron chi connectivity index (χ1n) is 5.83. The summed E-state index contributed by atoms with van der Waals surface area (Å²) in [6.45, 7) is 2.39. The molecule has 0 saturated heterocycles. The number of hydrogen-bond acceptors (Lipinski definition) is 4. The number of hydrogen-bond donors (Lipinski definition) is 1. The largest absolute Gasteiger partial charge is 0.395 e. The molecule has 2 aromatic heterocycles. The van der Waals surface area contributed by atoms with Crippen molar-refractivity contribution in [2.75, 3.05) is 20.2 Å². The van der Waals surface area contributed by atoms with Crippen LogP contribution in [0.25, 0.3) is 5.65 Å². The number of nitrogens with zero attached hydrogens (tertiary/aromatic N) is 4. The number of aliphatic hydroxyl groups is 1. The fourth-order valence-corrected chi connectivity index (χ4v) is 2.12. The second kappa shape index (κ2) is 5.17. The van der Waals surface area contributed by atoms with Gasteiger partial charge in [0.1, 0.15) is 11.7 Å². The molecule has 2 heterocycles. The summed E-state index contributed by atoms with van der Waals surface area (Å²) in [4.78, 5) is 6.27. The van der Waals surface area contributed by atoms with E-state index in [9.17, 15) is 5.26 Å². The van der Waals surface area contributed by atoms with Crippen LogP contribution in [0.2, 0.25) is 0 Å². The highest BCUT2D eigenvalue weighted by molar-refractivity contribution is 5.44. The van der Waals surface area contributed by atoms with Gasteiger partial charge in [-0.15, -0.1) is 0 Å². The zero-order chi connectivity index (χ0) is 13.1. The fraction of sp³-hybridized carbons (Fsp3) is 0.385. The number of likely N-dealkylation sites (N-methyl/N-ethyl adjacent to an activating group) is 1. The molecular formula is C13H16N4O. The van der Waals surface area contributed by atoms with E-state index < -0.39 is 6.04 Å². The molecular weight excluding hydrogens is 228 g/mol. The van der Waals surface area contributed by atoms with E-state index in [0.29, 0.717) is 6.54 Å². The van der Waals surface area contributed by atoms with Crippen LogP contribution in [0, 0.1) is 18.3 Å². The number of nitriles is 1. The lowest BCUT2D eigenvalue weighted by molar-refractivity contribution is 0.200. The lowest BCUT2D eigenvalue weighted by atomic mass is 10.1. The van der Waals surface area contributed by atoms with Gasteiger partial charge in [-0.1, -0.05) is 6.07 Å². The average Bonchev–Trinajstić information content (AvgIpc) is 2.68. The summed E-state index contributed by atoms with van der Waals surface area (Å²) >= 11 is 0. The third-order valence-corrected chi connectivity index (χ3v) is 3.03. The van der Waals surface area contributed by atoms with Gasteiger partial charge in [0.2, 0.25) is 0 Å². The molecule has 2 rings (SSSR count). The number of aliphatic hydroxyl groups excluding tert-OH is 1. The van der Waals surface area contributed by atoms with Gasteiger partial charge < -0.3 is 9.51 Å². The van der Waals surface area contributed by atoms with Crippen LogP contribution in [0.15, 0.2) is 24.4 Å². The number of fused-ring (bicyclic) bond motifs is 1. The van der Waals surface area contributed by atoms with Gasteiger partial charge in [-0.2, -0.15) is 5.26 Å². The highest BCUT2D eigenvalue weighted by Gasteiger charge is 2.22. The molecule has 0 bridgehead atoms. The minimum Gasteiger partial charge on any atom is -0.395 e. The Bertz CT molecular complexity index is 584. The van der Waals surface area contributed by atoms with Gasteiger partial charge in [0.05, 0.1) is 24.1 Å². The molecule has 18 heavy (non-hydrogen) atoms. The van der Waals surface area contributed by atoms with E-state index in [2.05, 4.69) is 11.1 Å². The number of pyridine rings is 1. The van der Waals surface area contributed by atoms with Crippen molar-refractivity contribution in [3.63, 3.8) is 0 Å². The molecule has 0 aliphatic rings. The third-order valence-electron chi connectivity index (χ3n) is 3.03. The van der Waals surface area contributed by atoms with Crippen LogP contribution in [0.5, 0.6) is 0 Å². The Morgan fingerprint density at radius 3 is 3.00 bits per heavy atom. The van der Waals surface area contributed by atoms with Crippen molar-refractivity contribution in [1.82, 2.24) is 14.3 Å². The number of imidazole rings is 1. The molecule has 5 nitrogen and oxygen atoms in total. The molecule has 1 unspecified atom stereocenters. The van der Waals surface area contributed by atoms with Crippen LogP contribution in [0.3, 0.4) is 0 Å².